The largest absolute Gasteiger partial charge is 0.387 e. The summed E-state index contributed by atoms with van der Waals surface area (Å²) in [6.45, 7) is 0.693. The first kappa shape index (κ1) is 12.6. The monoisotopic (exact) mass is 285 g/mol. The summed E-state index contributed by atoms with van der Waals surface area (Å²) in [6.07, 6.45) is 7.89. The Morgan fingerprint density at radius 1 is 1.11 bits per heavy atom. The molecule has 0 unspecified atom stereocenters. The number of fused-ring (bicyclic) bond motifs is 2. The van der Waals surface area contributed by atoms with E-state index in [9.17, 15) is 13.5 Å². The number of sulfonamides is 1. The highest BCUT2D eigenvalue weighted by Gasteiger charge is 2.56. The number of rotatable bonds is 4. The van der Waals surface area contributed by atoms with Crippen molar-refractivity contribution in [3.05, 3.63) is 0 Å². The highest BCUT2D eigenvalue weighted by atomic mass is 32.2. The number of hydrogen-bond acceptors (Lipinski definition) is 3. The van der Waals surface area contributed by atoms with Crippen LogP contribution in [0.4, 0.5) is 0 Å². The molecule has 0 radical (unpaired) electrons. The van der Waals surface area contributed by atoms with E-state index in [0.29, 0.717) is 24.8 Å². The predicted molar refractivity (Wildman–Crippen MR) is 72.0 cm³/mol. The van der Waals surface area contributed by atoms with Crippen LogP contribution in [0.5, 0.6) is 0 Å². The molecule has 3 aliphatic carbocycles. The second-order valence-corrected chi connectivity index (χ2v) is 9.52. The molecule has 1 saturated heterocycles. The number of hydrogen-bond donors (Lipinski definition) is 1. The number of nitrogens with zero attached hydrogens (tertiary/aromatic N) is 1. The predicted octanol–water partition coefficient (Wildman–Crippen LogP) is 1.35. The molecule has 3 saturated carbocycles. The summed E-state index contributed by atoms with van der Waals surface area (Å²) in [7, 11) is -3.15. The van der Waals surface area contributed by atoms with Gasteiger partial charge in [0, 0.05) is 13.1 Å². The minimum Gasteiger partial charge on any atom is -0.387 e. The fraction of sp³-hybridized carbons (Fsp3) is 1.00. The summed E-state index contributed by atoms with van der Waals surface area (Å²) in [6, 6.07) is 0. The quantitative estimate of drug-likeness (QED) is 0.848. The van der Waals surface area contributed by atoms with E-state index in [2.05, 4.69) is 0 Å². The van der Waals surface area contributed by atoms with Gasteiger partial charge in [0.15, 0.2) is 0 Å². The molecular formula is C14H23NO3S. The zero-order valence-electron chi connectivity index (χ0n) is 11.3. The third kappa shape index (κ3) is 1.96. The van der Waals surface area contributed by atoms with Crippen LogP contribution in [0.1, 0.15) is 44.9 Å². The maximum absolute atomic E-state index is 12.5. The van der Waals surface area contributed by atoms with E-state index in [-0.39, 0.29) is 5.41 Å². The molecule has 0 amide bonds. The van der Waals surface area contributed by atoms with Gasteiger partial charge in [-0.3, -0.25) is 0 Å². The van der Waals surface area contributed by atoms with Gasteiger partial charge < -0.3 is 5.11 Å². The molecular weight excluding hydrogens is 262 g/mol. The molecule has 4 nitrogen and oxygen atoms in total. The van der Waals surface area contributed by atoms with Gasteiger partial charge in [-0.05, 0) is 62.2 Å². The van der Waals surface area contributed by atoms with Gasteiger partial charge >= 0.3 is 0 Å². The minimum absolute atomic E-state index is 0.0801. The third-order valence-electron chi connectivity index (χ3n) is 6.01. The van der Waals surface area contributed by atoms with Gasteiger partial charge in [-0.25, -0.2) is 8.42 Å². The fourth-order valence-corrected chi connectivity index (χ4v) is 6.84. The van der Waals surface area contributed by atoms with Crippen LogP contribution in [-0.4, -0.2) is 42.3 Å². The Hall–Kier alpha value is -0.130. The van der Waals surface area contributed by atoms with Gasteiger partial charge in [-0.1, -0.05) is 0 Å². The van der Waals surface area contributed by atoms with E-state index in [0.717, 1.165) is 38.0 Å². The van der Waals surface area contributed by atoms with Crippen molar-refractivity contribution >= 4 is 10.0 Å². The minimum atomic E-state index is -3.15. The summed E-state index contributed by atoms with van der Waals surface area (Å²) in [4.78, 5) is 0. The Morgan fingerprint density at radius 2 is 1.74 bits per heavy atom. The fourth-order valence-electron chi connectivity index (χ4n) is 4.63. The summed E-state index contributed by atoms with van der Waals surface area (Å²) in [5, 5.41) is 10.3. The maximum atomic E-state index is 12.5. The van der Waals surface area contributed by atoms with Crippen molar-refractivity contribution in [1.82, 2.24) is 4.31 Å². The molecule has 4 aliphatic rings. The second-order valence-electron chi connectivity index (χ2n) is 7.55. The highest BCUT2D eigenvalue weighted by molar-refractivity contribution is 7.89. The molecule has 4 rings (SSSR count). The number of aliphatic hydroxyl groups is 1. The van der Waals surface area contributed by atoms with Gasteiger partial charge in [0.25, 0.3) is 0 Å². The molecule has 0 aromatic rings. The molecule has 1 N–H and O–H groups in total. The molecule has 5 heteroatoms. The maximum Gasteiger partial charge on any atom is 0.214 e. The number of β-amino-alcohol motifs (C(OH)–C–C–N with tert-alkyl or cyclic N) is 1. The highest BCUT2D eigenvalue weighted by Crippen LogP contribution is 2.55. The average Bonchev–Trinajstić information content (AvgIpc) is 2.99. The van der Waals surface area contributed by atoms with E-state index < -0.39 is 15.6 Å². The summed E-state index contributed by atoms with van der Waals surface area (Å²) >= 11 is 0. The van der Waals surface area contributed by atoms with Crippen molar-refractivity contribution in [2.24, 2.45) is 17.3 Å². The first-order valence-electron chi connectivity index (χ1n) is 7.61. The van der Waals surface area contributed by atoms with Crippen molar-refractivity contribution in [1.29, 1.82) is 0 Å². The van der Waals surface area contributed by atoms with Crippen LogP contribution < -0.4 is 0 Å². The van der Waals surface area contributed by atoms with E-state index in [1.54, 1.807) is 0 Å². The second kappa shape index (κ2) is 3.74. The van der Waals surface area contributed by atoms with Crippen molar-refractivity contribution < 1.29 is 13.5 Å². The molecule has 1 aliphatic heterocycles. The Labute approximate surface area is 115 Å². The first-order valence-corrected chi connectivity index (χ1v) is 9.22. The lowest BCUT2D eigenvalue weighted by Gasteiger charge is -2.46. The summed E-state index contributed by atoms with van der Waals surface area (Å²) in [5.41, 5.74) is -0.616. The van der Waals surface area contributed by atoms with Crippen molar-refractivity contribution in [2.75, 3.05) is 18.8 Å². The zero-order valence-corrected chi connectivity index (χ0v) is 12.2. The lowest BCUT2D eigenvalue weighted by atomic mass is 9.87. The Morgan fingerprint density at radius 3 is 2.21 bits per heavy atom. The van der Waals surface area contributed by atoms with Crippen molar-refractivity contribution in [3.63, 3.8) is 0 Å². The molecule has 0 aromatic heterocycles. The molecule has 2 bridgehead atoms. The van der Waals surface area contributed by atoms with Gasteiger partial charge in [0.2, 0.25) is 10.0 Å². The summed E-state index contributed by atoms with van der Waals surface area (Å²) in [5.74, 6) is 1.48. The molecule has 0 aromatic carbocycles. The summed E-state index contributed by atoms with van der Waals surface area (Å²) < 4.78 is 26.5. The van der Waals surface area contributed by atoms with Crippen LogP contribution in [0.2, 0.25) is 0 Å². The molecule has 108 valence electrons. The van der Waals surface area contributed by atoms with E-state index in [1.165, 1.54) is 17.1 Å². The van der Waals surface area contributed by atoms with E-state index >= 15 is 0 Å². The third-order valence-corrected chi connectivity index (χ3v) is 8.03. The van der Waals surface area contributed by atoms with Crippen LogP contribution in [0, 0.1) is 17.3 Å². The first-order chi connectivity index (χ1) is 8.91. The topological polar surface area (TPSA) is 57.6 Å². The Bertz CT molecular complexity index is 483. The van der Waals surface area contributed by atoms with Crippen LogP contribution in [-0.2, 0) is 10.0 Å². The van der Waals surface area contributed by atoms with E-state index in [4.69, 9.17) is 0 Å². The Kier molecular flexibility index (Phi) is 2.48. The van der Waals surface area contributed by atoms with Gasteiger partial charge in [0.05, 0.1) is 11.4 Å². The van der Waals surface area contributed by atoms with Crippen LogP contribution in [0.15, 0.2) is 0 Å². The van der Waals surface area contributed by atoms with Gasteiger partial charge in [-0.15, -0.1) is 0 Å². The standard InChI is InChI=1S/C14H23NO3S/c16-14(12-1-2-12)8-15(9-14)19(17,18)10-13-5-3-11(7-13)4-6-13/h11-12,16H,1-10H2. The van der Waals surface area contributed by atoms with E-state index in [1.807, 2.05) is 0 Å². The van der Waals surface area contributed by atoms with Crippen molar-refractivity contribution in [3.8, 4) is 0 Å². The normalized spacial score (nSPS) is 41.4. The molecule has 0 spiro atoms. The molecule has 1 heterocycles. The molecule has 19 heavy (non-hydrogen) atoms. The van der Waals surface area contributed by atoms with Gasteiger partial charge in [0.1, 0.15) is 0 Å². The van der Waals surface area contributed by atoms with Crippen LogP contribution in [0.25, 0.3) is 0 Å². The van der Waals surface area contributed by atoms with Crippen LogP contribution in [0.3, 0.4) is 0 Å². The smallest absolute Gasteiger partial charge is 0.214 e. The lowest BCUT2D eigenvalue weighted by molar-refractivity contribution is -0.0767. The van der Waals surface area contributed by atoms with Crippen LogP contribution >= 0.6 is 0 Å². The van der Waals surface area contributed by atoms with Gasteiger partial charge in [-0.2, -0.15) is 4.31 Å². The SMILES string of the molecule is O=S(=O)(CC12CCC(CC1)C2)N1CC(O)(C2CC2)C1. The zero-order chi connectivity index (χ0) is 13.3. The lowest BCUT2D eigenvalue weighted by Crippen LogP contribution is -2.65. The average molecular weight is 285 g/mol. The van der Waals surface area contributed by atoms with Crippen molar-refractivity contribution in [2.45, 2.75) is 50.5 Å². The molecule has 4 fully saturated rings. The molecule has 0 atom stereocenters. The Balaban J connectivity index is 1.43.